The van der Waals surface area contributed by atoms with Crippen molar-refractivity contribution >= 4 is 21.6 Å². The molecule has 182 valence electrons. The van der Waals surface area contributed by atoms with Gasteiger partial charge in [-0.3, -0.25) is 4.79 Å². The average Bonchev–Trinajstić information content (AvgIpc) is 3.43. The van der Waals surface area contributed by atoms with Crippen LogP contribution in [0.1, 0.15) is 59.5 Å². The molecule has 1 aliphatic carbocycles. The minimum atomic E-state index is -3.82. The molecular weight excluding hydrogens is 450 g/mol. The van der Waals surface area contributed by atoms with Gasteiger partial charge < -0.3 is 14.5 Å². The third-order valence-electron chi connectivity index (χ3n) is 7.55. The third-order valence-corrected chi connectivity index (χ3v) is 9.09. The number of carbonyl (C=O) groups excluding carboxylic acids is 1. The number of hydrogen-bond donors (Lipinski definition) is 1. The van der Waals surface area contributed by atoms with Crippen molar-refractivity contribution in [2.45, 2.75) is 61.9 Å². The molecule has 3 aliphatic rings. The molecule has 7 nitrogen and oxygen atoms in total. The fourth-order valence-corrected chi connectivity index (χ4v) is 7.33. The van der Waals surface area contributed by atoms with Crippen LogP contribution in [0.4, 0.5) is 5.69 Å². The molecule has 2 fully saturated rings. The second-order valence-electron chi connectivity index (χ2n) is 9.93. The largest absolute Gasteiger partial charge is 0.495 e. The van der Waals surface area contributed by atoms with Gasteiger partial charge in [0.2, 0.25) is 10.0 Å². The van der Waals surface area contributed by atoms with Gasteiger partial charge in [-0.1, -0.05) is 30.5 Å². The number of ether oxygens (including phenoxy) is 1. The number of rotatable bonds is 5. The number of fused-ring (bicyclic) bond motifs is 3. The molecule has 0 aromatic heterocycles. The van der Waals surface area contributed by atoms with Crippen LogP contribution < -0.4 is 14.4 Å². The first-order chi connectivity index (χ1) is 16.3. The number of likely N-dealkylation sites (tertiary alicyclic amines) is 1. The van der Waals surface area contributed by atoms with E-state index >= 15 is 0 Å². The van der Waals surface area contributed by atoms with Crippen molar-refractivity contribution in [3.63, 3.8) is 0 Å². The molecule has 2 heterocycles. The van der Waals surface area contributed by atoms with Crippen LogP contribution in [0.25, 0.3) is 0 Å². The van der Waals surface area contributed by atoms with E-state index in [1.807, 2.05) is 17.0 Å². The molecule has 0 spiro atoms. The summed E-state index contributed by atoms with van der Waals surface area (Å²) in [7, 11) is -0.244. The highest BCUT2D eigenvalue weighted by Gasteiger charge is 2.44. The predicted octanol–water partition coefficient (Wildman–Crippen LogP) is 3.67. The van der Waals surface area contributed by atoms with E-state index < -0.39 is 10.0 Å². The van der Waals surface area contributed by atoms with Crippen molar-refractivity contribution in [3.8, 4) is 5.75 Å². The fraction of sp³-hybridized carbons (Fsp3) is 0.500. The lowest BCUT2D eigenvalue weighted by atomic mass is 9.88. The van der Waals surface area contributed by atoms with E-state index in [4.69, 9.17) is 4.74 Å². The molecule has 2 aromatic carbocycles. The lowest BCUT2D eigenvalue weighted by molar-refractivity contribution is 0.0964. The Labute approximate surface area is 202 Å². The molecule has 1 N–H and O–H groups in total. The number of piperidine rings is 1. The SMILES string of the molecule is COc1ccc(C(=O)N2c3ccc(C)cc3C3CN(C)CCC32)cc1S(=O)(=O)NC1CCCC1. The summed E-state index contributed by atoms with van der Waals surface area (Å²) in [5.41, 5.74) is 3.67. The molecular formula is C26H33N3O4S. The summed E-state index contributed by atoms with van der Waals surface area (Å²) < 4.78 is 34.7. The van der Waals surface area contributed by atoms with Gasteiger partial charge in [-0.15, -0.1) is 0 Å². The number of carbonyl (C=O) groups is 1. The number of sulfonamides is 1. The van der Waals surface area contributed by atoms with Crippen molar-refractivity contribution in [3.05, 3.63) is 53.1 Å². The zero-order chi connectivity index (χ0) is 24.0. The second kappa shape index (κ2) is 8.98. The van der Waals surface area contributed by atoms with Gasteiger partial charge in [0, 0.05) is 35.8 Å². The van der Waals surface area contributed by atoms with E-state index in [9.17, 15) is 13.2 Å². The van der Waals surface area contributed by atoms with Crippen molar-refractivity contribution < 1.29 is 17.9 Å². The van der Waals surface area contributed by atoms with Gasteiger partial charge in [0.1, 0.15) is 10.6 Å². The molecule has 2 atom stereocenters. The smallest absolute Gasteiger partial charge is 0.258 e. The maximum atomic E-state index is 13.9. The van der Waals surface area contributed by atoms with E-state index in [1.54, 1.807) is 12.1 Å². The van der Waals surface area contributed by atoms with Crippen molar-refractivity contribution in [1.29, 1.82) is 0 Å². The second-order valence-corrected chi connectivity index (χ2v) is 11.6. The van der Waals surface area contributed by atoms with Crippen molar-refractivity contribution in [1.82, 2.24) is 9.62 Å². The number of nitrogens with one attached hydrogen (secondary N) is 1. The van der Waals surface area contributed by atoms with Crippen LogP contribution in [-0.2, 0) is 10.0 Å². The van der Waals surface area contributed by atoms with Gasteiger partial charge in [-0.25, -0.2) is 13.1 Å². The summed E-state index contributed by atoms with van der Waals surface area (Å²) in [5, 5.41) is 0. The number of amides is 1. The zero-order valence-corrected chi connectivity index (χ0v) is 20.9. The number of anilines is 1. The Hall–Kier alpha value is -2.42. The number of hydrogen-bond acceptors (Lipinski definition) is 5. The highest BCUT2D eigenvalue weighted by Crippen LogP contribution is 2.45. The molecule has 34 heavy (non-hydrogen) atoms. The van der Waals surface area contributed by atoms with E-state index in [-0.39, 0.29) is 34.6 Å². The minimum Gasteiger partial charge on any atom is -0.495 e. The van der Waals surface area contributed by atoms with Gasteiger partial charge in [0.25, 0.3) is 5.91 Å². The van der Waals surface area contributed by atoms with E-state index in [0.717, 1.165) is 50.9 Å². The van der Waals surface area contributed by atoms with E-state index in [2.05, 4.69) is 29.7 Å². The summed E-state index contributed by atoms with van der Waals surface area (Å²) in [5.74, 6) is 0.335. The Bertz CT molecular complexity index is 1210. The summed E-state index contributed by atoms with van der Waals surface area (Å²) in [4.78, 5) is 18.1. The molecule has 1 amide bonds. The number of benzene rings is 2. The first-order valence-electron chi connectivity index (χ1n) is 12.1. The molecule has 2 aliphatic heterocycles. The molecule has 8 heteroatoms. The molecule has 0 radical (unpaired) electrons. The van der Waals surface area contributed by atoms with Crippen LogP contribution in [0.2, 0.25) is 0 Å². The van der Waals surface area contributed by atoms with Crippen molar-refractivity contribution in [2.24, 2.45) is 0 Å². The van der Waals surface area contributed by atoms with Crippen LogP contribution in [0.3, 0.4) is 0 Å². The maximum Gasteiger partial charge on any atom is 0.258 e. The lowest BCUT2D eigenvalue weighted by Crippen LogP contribution is -2.47. The molecule has 2 unspecified atom stereocenters. The monoisotopic (exact) mass is 483 g/mol. The molecule has 1 saturated heterocycles. The van der Waals surface area contributed by atoms with Crippen LogP contribution in [0, 0.1) is 6.92 Å². The summed E-state index contributed by atoms with van der Waals surface area (Å²) in [6.07, 6.45) is 4.59. The number of methoxy groups -OCH3 is 1. The summed E-state index contributed by atoms with van der Waals surface area (Å²) in [6.45, 7) is 3.90. The maximum absolute atomic E-state index is 13.9. The molecule has 5 rings (SSSR count). The normalized spacial score (nSPS) is 23.1. The lowest BCUT2D eigenvalue weighted by Gasteiger charge is -2.36. The Morgan fingerprint density at radius 2 is 1.85 bits per heavy atom. The van der Waals surface area contributed by atoms with Crippen LogP contribution in [0.5, 0.6) is 5.75 Å². The minimum absolute atomic E-state index is 0.0241. The predicted molar refractivity (Wildman–Crippen MR) is 132 cm³/mol. The van der Waals surface area contributed by atoms with Gasteiger partial charge in [0.15, 0.2) is 0 Å². The first-order valence-corrected chi connectivity index (χ1v) is 13.6. The Kier molecular flexibility index (Phi) is 6.16. The van der Waals surface area contributed by atoms with Gasteiger partial charge in [-0.05, 0) is 69.6 Å². The summed E-state index contributed by atoms with van der Waals surface area (Å²) in [6, 6.07) is 11.0. The van der Waals surface area contributed by atoms with Crippen LogP contribution in [-0.4, -0.2) is 58.6 Å². The van der Waals surface area contributed by atoms with Crippen LogP contribution in [0.15, 0.2) is 41.3 Å². The number of nitrogens with zero attached hydrogens (tertiary/aromatic N) is 2. The number of aryl methyl sites for hydroxylation is 1. The highest BCUT2D eigenvalue weighted by molar-refractivity contribution is 7.89. The molecule has 1 saturated carbocycles. The zero-order valence-electron chi connectivity index (χ0n) is 20.1. The first kappa shape index (κ1) is 23.3. The Morgan fingerprint density at radius 1 is 1.09 bits per heavy atom. The van der Waals surface area contributed by atoms with Gasteiger partial charge in [-0.2, -0.15) is 0 Å². The van der Waals surface area contributed by atoms with E-state index in [0.29, 0.717) is 5.56 Å². The standard InChI is InChI=1S/C26H33N3O4S/c1-17-8-10-22-20(14-17)21-16-28(2)13-12-23(21)29(22)26(30)18-9-11-24(33-3)25(15-18)34(31,32)27-19-6-4-5-7-19/h8-11,14-15,19,21,23,27H,4-7,12-13,16H2,1-3H3. The summed E-state index contributed by atoms with van der Waals surface area (Å²) >= 11 is 0. The fourth-order valence-electron chi connectivity index (χ4n) is 5.83. The van der Waals surface area contributed by atoms with Crippen LogP contribution >= 0.6 is 0 Å². The molecule has 2 aromatic rings. The number of likely N-dealkylation sites (N-methyl/N-ethyl adjacent to an activating group) is 1. The third kappa shape index (κ3) is 4.12. The average molecular weight is 484 g/mol. The molecule has 0 bridgehead atoms. The Balaban J connectivity index is 1.52. The highest BCUT2D eigenvalue weighted by atomic mass is 32.2. The topological polar surface area (TPSA) is 79.0 Å². The van der Waals surface area contributed by atoms with E-state index in [1.165, 1.54) is 24.3 Å². The van der Waals surface area contributed by atoms with Gasteiger partial charge in [0.05, 0.1) is 7.11 Å². The Morgan fingerprint density at radius 3 is 2.59 bits per heavy atom. The van der Waals surface area contributed by atoms with Gasteiger partial charge >= 0.3 is 0 Å². The van der Waals surface area contributed by atoms with Crippen molar-refractivity contribution in [2.75, 3.05) is 32.1 Å². The quantitative estimate of drug-likeness (QED) is 0.702.